The van der Waals surface area contributed by atoms with Gasteiger partial charge in [0.15, 0.2) is 0 Å². The standard InChI is InChI=1S/C22H28N2O3S/c1-27-22-13-7-6-12-20(22)21(24-15-8-3-9-16-24)18-23-28(25,26)17-14-19-10-4-2-5-11-19/h2,4-7,10-14,17,21,23H,3,8-9,15-16,18H2,1H3. The molecule has 2 aromatic carbocycles. The Labute approximate surface area is 168 Å². The summed E-state index contributed by atoms with van der Waals surface area (Å²) in [5.74, 6) is 0.789. The number of benzene rings is 2. The van der Waals surface area contributed by atoms with Crippen molar-refractivity contribution in [2.75, 3.05) is 26.7 Å². The molecule has 150 valence electrons. The summed E-state index contributed by atoms with van der Waals surface area (Å²) in [5, 5.41) is 1.23. The Morgan fingerprint density at radius 1 is 1.04 bits per heavy atom. The van der Waals surface area contributed by atoms with E-state index in [4.69, 9.17) is 4.74 Å². The highest BCUT2D eigenvalue weighted by Crippen LogP contribution is 2.31. The van der Waals surface area contributed by atoms with E-state index in [1.54, 1.807) is 13.2 Å². The lowest BCUT2D eigenvalue weighted by molar-refractivity contribution is 0.162. The molecule has 28 heavy (non-hydrogen) atoms. The zero-order valence-electron chi connectivity index (χ0n) is 16.3. The summed E-state index contributed by atoms with van der Waals surface area (Å²) < 4.78 is 33.4. The Morgan fingerprint density at radius 2 is 1.71 bits per heavy atom. The second-order valence-electron chi connectivity index (χ2n) is 6.96. The number of para-hydroxylation sites is 1. The van der Waals surface area contributed by atoms with Crippen molar-refractivity contribution >= 4 is 16.1 Å². The van der Waals surface area contributed by atoms with E-state index in [0.29, 0.717) is 6.54 Å². The fourth-order valence-electron chi connectivity index (χ4n) is 3.58. The minimum atomic E-state index is -3.54. The number of hydrogen-bond acceptors (Lipinski definition) is 4. The quantitative estimate of drug-likeness (QED) is 0.732. The monoisotopic (exact) mass is 400 g/mol. The maximum atomic E-state index is 12.5. The van der Waals surface area contributed by atoms with Gasteiger partial charge in [0, 0.05) is 17.5 Å². The van der Waals surface area contributed by atoms with Gasteiger partial charge in [-0.15, -0.1) is 0 Å². The van der Waals surface area contributed by atoms with Crippen LogP contribution >= 0.6 is 0 Å². The zero-order valence-corrected chi connectivity index (χ0v) is 17.1. The zero-order chi connectivity index (χ0) is 19.8. The molecule has 0 saturated carbocycles. The minimum Gasteiger partial charge on any atom is -0.496 e. The Balaban J connectivity index is 1.76. The normalized spacial score (nSPS) is 16.9. The first kappa shape index (κ1) is 20.6. The number of rotatable bonds is 8. The van der Waals surface area contributed by atoms with Crippen LogP contribution in [0.4, 0.5) is 0 Å². The van der Waals surface area contributed by atoms with Crippen molar-refractivity contribution in [1.29, 1.82) is 0 Å². The molecule has 0 aromatic heterocycles. The van der Waals surface area contributed by atoms with Crippen LogP contribution in [0.25, 0.3) is 6.08 Å². The maximum absolute atomic E-state index is 12.5. The van der Waals surface area contributed by atoms with E-state index < -0.39 is 10.0 Å². The number of piperidine rings is 1. The third kappa shape index (κ3) is 5.67. The van der Waals surface area contributed by atoms with Crippen LogP contribution in [0, 0.1) is 0 Å². The molecule has 0 amide bonds. The Morgan fingerprint density at radius 3 is 2.43 bits per heavy atom. The second-order valence-corrected chi connectivity index (χ2v) is 8.61. The molecule has 0 aliphatic carbocycles. The molecule has 1 aliphatic heterocycles. The molecular formula is C22H28N2O3S. The van der Waals surface area contributed by atoms with Crippen molar-refractivity contribution in [3.05, 3.63) is 71.1 Å². The highest BCUT2D eigenvalue weighted by atomic mass is 32.2. The molecule has 0 bridgehead atoms. The van der Waals surface area contributed by atoms with Crippen molar-refractivity contribution in [2.45, 2.75) is 25.3 Å². The molecule has 1 aliphatic rings. The number of likely N-dealkylation sites (tertiary alicyclic amines) is 1. The number of methoxy groups -OCH3 is 1. The van der Waals surface area contributed by atoms with E-state index in [0.717, 1.165) is 42.8 Å². The van der Waals surface area contributed by atoms with E-state index >= 15 is 0 Å². The summed E-state index contributed by atoms with van der Waals surface area (Å²) in [5.41, 5.74) is 1.87. The summed E-state index contributed by atoms with van der Waals surface area (Å²) in [7, 11) is -1.89. The largest absolute Gasteiger partial charge is 0.496 e. The molecule has 1 unspecified atom stereocenters. The van der Waals surface area contributed by atoms with Crippen molar-refractivity contribution in [3.63, 3.8) is 0 Å². The Bertz CT molecular complexity index is 876. The molecule has 1 N–H and O–H groups in total. The lowest BCUT2D eigenvalue weighted by Crippen LogP contribution is -2.40. The van der Waals surface area contributed by atoms with Crippen molar-refractivity contribution in [3.8, 4) is 5.75 Å². The third-order valence-corrected chi connectivity index (χ3v) is 6.11. The fourth-order valence-corrected chi connectivity index (χ4v) is 4.41. The summed E-state index contributed by atoms with van der Waals surface area (Å²) in [4.78, 5) is 2.35. The summed E-state index contributed by atoms with van der Waals surface area (Å²) in [6.45, 7) is 2.23. The first-order valence-electron chi connectivity index (χ1n) is 9.69. The number of sulfonamides is 1. The smallest absolute Gasteiger partial charge is 0.233 e. The van der Waals surface area contributed by atoms with E-state index in [1.807, 2.05) is 54.6 Å². The average Bonchev–Trinajstić information content (AvgIpc) is 2.74. The van der Waals surface area contributed by atoms with Crippen molar-refractivity contribution in [1.82, 2.24) is 9.62 Å². The van der Waals surface area contributed by atoms with E-state index in [2.05, 4.69) is 9.62 Å². The molecule has 2 aromatic rings. The van der Waals surface area contributed by atoms with Crippen LogP contribution in [-0.4, -0.2) is 40.1 Å². The summed E-state index contributed by atoms with van der Waals surface area (Å²) in [6.07, 6.45) is 5.10. The van der Waals surface area contributed by atoms with Crippen LogP contribution in [0.1, 0.15) is 36.4 Å². The van der Waals surface area contributed by atoms with E-state index in [1.165, 1.54) is 11.8 Å². The van der Waals surface area contributed by atoms with Gasteiger partial charge in [0.05, 0.1) is 13.2 Å². The first-order chi connectivity index (χ1) is 13.6. The first-order valence-corrected chi connectivity index (χ1v) is 11.2. The van der Waals surface area contributed by atoms with Crippen LogP contribution in [0.3, 0.4) is 0 Å². The molecule has 1 fully saturated rings. The summed E-state index contributed by atoms with van der Waals surface area (Å²) >= 11 is 0. The molecule has 0 spiro atoms. The molecule has 5 nitrogen and oxygen atoms in total. The maximum Gasteiger partial charge on any atom is 0.233 e. The van der Waals surface area contributed by atoms with Gasteiger partial charge in [-0.3, -0.25) is 4.90 Å². The fraction of sp³-hybridized carbons (Fsp3) is 0.364. The molecule has 3 rings (SSSR count). The molecule has 1 atom stereocenters. The van der Waals surface area contributed by atoms with Crippen LogP contribution in [0.5, 0.6) is 5.75 Å². The van der Waals surface area contributed by atoms with E-state index in [9.17, 15) is 8.42 Å². The average molecular weight is 401 g/mol. The van der Waals surface area contributed by atoms with Crippen LogP contribution in [0.2, 0.25) is 0 Å². The number of ether oxygens (including phenoxy) is 1. The van der Waals surface area contributed by atoms with Gasteiger partial charge in [0.1, 0.15) is 5.75 Å². The van der Waals surface area contributed by atoms with Crippen molar-refractivity contribution < 1.29 is 13.2 Å². The van der Waals surface area contributed by atoms with Gasteiger partial charge in [-0.1, -0.05) is 55.0 Å². The number of nitrogens with zero attached hydrogens (tertiary/aromatic N) is 1. The summed E-state index contributed by atoms with van der Waals surface area (Å²) in [6, 6.07) is 17.2. The van der Waals surface area contributed by atoms with Gasteiger partial charge in [0.25, 0.3) is 0 Å². The van der Waals surface area contributed by atoms with Crippen LogP contribution in [-0.2, 0) is 10.0 Å². The van der Waals surface area contributed by atoms with Crippen LogP contribution in [0.15, 0.2) is 60.0 Å². The Kier molecular flexibility index (Phi) is 7.25. The van der Waals surface area contributed by atoms with Gasteiger partial charge in [-0.25, -0.2) is 13.1 Å². The molecule has 1 heterocycles. The number of nitrogens with one attached hydrogen (secondary N) is 1. The molecular weight excluding hydrogens is 372 g/mol. The van der Waals surface area contributed by atoms with Gasteiger partial charge in [-0.05, 0) is 43.6 Å². The Hall–Kier alpha value is -2.15. The van der Waals surface area contributed by atoms with Crippen molar-refractivity contribution in [2.24, 2.45) is 0 Å². The number of hydrogen-bond donors (Lipinski definition) is 1. The van der Waals surface area contributed by atoms with E-state index in [-0.39, 0.29) is 6.04 Å². The predicted molar refractivity (Wildman–Crippen MR) is 114 cm³/mol. The third-order valence-electron chi connectivity index (χ3n) is 5.05. The molecule has 0 radical (unpaired) electrons. The highest BCUT2D eigenvalue weighted by Gasteiger charge is 2.25. The lowest BCUT2D eigenvalue weighted by atomic mass is 10.0. The van der Waals surface area contributed by atoms with Gasteiger partial charge < -0.3 is 4.74 Å². The topological polar surface area (TPSA) is 58.6 Å². The minimum absolute atomic E-state index is 0.0589. The van der Waals surface area contributed by atoms with Crippen LogP contribution < -0.4 is 9.46 Å². The molecule has 1 saturated heterocycles. The van der Waals surface area contributed by atoms with Gasteiger partial charge in [0.2, 0.25) is 10.0 Å². The lowest BCUT2D eigenvalue weighted by Gasteiger charge is -2.35. The van der Waals surface area contributed by atoms with Gasteiger partial charge in [-0.2, -0.15) is 0 Å². The van der Waals surface area contributed by atoms with Gasteiger partial charge >= 0.3 is 0 Å². The molecule has 6 heteroatoms. The second kappa shape index (κ2) is 9.87. The highest BCUT2D eigenvalue weighted by molar-refractivity contribution is 7.92. The SMILES string of the molecule is COc1ccccc1C(CNS(=O)(=O)C=Cc1ccccc1)N1CCCCC1. The predicted octanol–water partition coefficient (Wildman–Crippen LogP) is 3.81.